The predicted molar refractivity (Wildman–Crippen MR) is 83.5 cm³/mol. The Hall–Kier alpha value is -1.64. The Labute approximate surface area is 121 Å². The molecule has 1 atom stereocenters. The van der Waals surface area contributed by atoms with Crippen molar-refractivity contribution in [1.82, 2.24) is 5.32 Å². The van der Waals surface area contributed by atoms with E-state index in [1.54, 1.807) is 0 Å². The number of aliphatic hydroxyl groups excluding tert-OH is 1. The second-order valence-corrected chi connectivity index (χ2v) is 5.25. The van der Waals surface area contributed by atoms with Crippen LogP contribution in [-0.2, 0) is 13.2 Å². The van der Waals surface area contributed by atoms with E-state index >= 15 is 0 Å². The van der Waals surface area contributed by atoms with E-state index < -0.39 is 0 Å². The Bertz CT molecular complexity index is 493. The monoisotopic (exact) mass is 269 g/mol. The van der Waals surface area contributed by atoms with Gasteiger partial charge in [0.1, 0.15) is 0 Å². The summed E-state index contributed by atoms with van der Waals surface area (Å²) in [6.45, 7) is 4.28. The summed E-state index contributed by atoms with van der Waals surface area (Å²) in [5.74, 6) is 0.584. The first kappa shape index (κ1) is 14.8. The van der Waals surface area contributed by atoms with Gasteiger partial charge in [-0.05, 0) is 35.6 Å². The van der Waals surface area contributed by atoms with Crippen molar-refractivity contribution in [2.24, 2.45) is 0 Å². The fourth-order valence-corrected chi connectivity index (χ4v) is 2.26. The molecular weight excluding hydrogens is 246 g/mol. The van der Waals surface area contributed by atoms with Crippen LogP contribution in [0, 0.1) is 0 Å². The minimum absolute atomic E-state index is 0.113. The molecule has 2 nitrogen and oxygen atoms in total. The van der Waals surface area contributed by atoms with Gasteiger partial charge in [-0.1, -0.05) is 61.5 Å². The van der Waals surface area contributed by atoms with Gasteiger partial charge in [0, 0.05) is 6.54 Å². The van der Waals surface area contributed by atoms with Gasteiger partial charge in [0.25, 0.3) is 0 Å². The quantitative estimate of drug-likeness (QED) is 0.754. The van der Waals surface area contributed by atoms with E-state index in [9.17, 15) is 0 Å². The first-order valence-corrected chi connectivity index (χ1v) is 7.24. The average Bonchev–Trinajstić information content (AvgIpc) is 2.53. The van der Waals surface area contributed by atoms with Crippen LogP contribution in [0.3, 0.4) is 0 Å². The minimum Gasteiger partial charge on any atom is -0.392 e. The van der Waals surface area contributed by atoms with Crippen molar-refractivity contribution in [3.63, 3.8) is 0 Å². The van der Waals surface area contributed by atoms with Crippen molar-refractivity contribution in [2.45, 2.75) is 32.4 Å². The van der Waals surface area contributed by atoms with Crippen LogP contribution >= 0.6 is 0 Å². The zero-order valence-electron chi connectivity index (χ0n) is 12.0. The van der Waals surface area contributed by atoms with Gasteiger partial charge in [0.05, 0.1) is 6.61 Å². The molecule has 0 bridgehead atoms. The largest absolute Gasteiger partial charge is 0.392 e. The van der Waals surface area contributed by atoms with E-state index in [-0.39, 0.29) is 6.61 Å². The van der Waals surface area contributed by atoms with Gasteiger partial charge in [0.15, 0.2) is 0 Å². The third kappa shape index (κ3) is 4.48. The molecule has 0 aliphatic carbocycles. The summed E-state index contributed by atoms with van der Waals surface area (Å²) in [6, 6.07) is 18.7. The molecule has 2 aromatic carbocycles. The van der Waals surface area contributed by atoms with Crippen LogP contribution in [-0.4, -0.2) is 11.7 Å². The number of hydrogen-bond acceptors (Lipinski definition) is 2. The maximum atomic E-state index is 9.00. The highest BCUT2D eigenvalue weighted by atomic mass is 16.3. The summed E-state index contributed by atoms with van der Waals surface area (Å²) in [6.07, 6.45) is 1.14. The van der Waals surface area contributed by atoms with E-state index in [1.807, 2.05) is 12.1 Å². The van der Waals surface area contributed by atoms with Gasteiger partial charge in [-0.3, -0.25) is 0 Å². The van der Waals surface area contributed by atoms with Crippen molar-refractivity contribution >= 4 is 0 Å². The van der Waals surface area contributed by atoms with Gasteiger partial charge in [-0.2, -0.15) is 0 Å². The summed E-state index contributed by atoms with van der Waals surface area (Å²) >= 11 is 0. The lowest BCUT2D eigenvalue weighted by Crippen LogP contribution is -2.16. The lowest BCUT2D eigenvalue weighted by atomic mass is 9.98. The Morgan fingerprint density at radius 2 is 1.60 bits per heavy atom. The van der Waals surface area contributed by atoms with Crippen LogP contribution in [0.1, 0.15) is 36.0 Å². The predicted octanol–water partition coefficient (Wildman–Crippen LogP) is 3.46. The molecule has 0 radical (unpaired) electrons. The molecule has 106 valence electrons. The van der Waals surface area contributed by atoms with Gasteiger partial charge in [0.2, 0.25) is 0 Å². The van der Waals surface area contributed by atoms with Crippen molar-refractivity contribution in [2.75, 3.05) is 6.54 Å². The highest BCUT2D eigenvalue weighted by Gasteiger charge is 2.03. The van der Waals surface area contributed by atoms with Crippen LogP contribution in [0.5, 0.6) is 0 Å². The van der Waals surface area contributed by atoms with E-state index in [1.165, 1.54) is 11.1 Å². The van der Waals surface area contributed by atoms with Crippen LogP contribution in [0.2, 0.25) is 0 Å². The average molecular weight is 269 g/mol. The normalized spacial score (nSPS) is 12.3. The first-order chi connectivity index (χ1) is 9.79. The second kappa shape index (κ2) is 7.83. The molecule has 0 aliphatic heterocycles. The van der Waals surface area contributed by atoms with Gasteiger partial charge >= 0.3 is 0 Å². The standard InChI is InChI=1S/C18H23NO/c1-15(18-5-3-2-4-6-18)11-12-19-13-16-7-9-17(14-20)10-8-16/h2-10,15,19-20H,11-14H2,1H3. The molecule has 2 aromatic rings. The second-order valence-electron chi connectivity index (χ2n) is 5.25. The summed E-state index contributed by atoms with van der Waals surface area (Å²) in [7, 11) is 0. The maximum absolute atomic E-state index is 9.00. The molecular formula is C18H23NO. The molecule has 0 aliphatic rings. The zero-order chi connectivity index (χ0) is 14.2. The number of rotatable bonds is 7. The Morgan fingerprint density at radius 3 is 2.25 bits per heavy atom. The molecule has 0 heterocycles. The Balaban J connectivity index is 1.70. The van der Waals surface area contributed by atoms with E-state index in [0.717, 1.165) is 25.1 Å². The molecule has 0 amide bonds. The highest BCUT2D eigenvalue weighted by Crippen LogP contribution is 2.17. The van der Waals surface area contributed by atoms with Gasteiger partial charge < -0.3 is 10.4 Å². The fraction of sp³-hybridized carbons (Fsp3) is 0.333. The molecule has 0 spiro atoms. The lowest BCUT2D eigenvalue weighted by molar-refractivity contribution is 0.282. The molecule has 2 N–H and O–H groups in total. The topological polar surface area (TPSA) is 32.3 Å². The molecule has 0 fully saturated rings. The van der Waals surface area contributed by atoms with Crippen molar-refractivity contribution in [1.29, 1.82) is 0 Å². The number of nitrogens with one attached hydrogen (secondary N) is 1. The van der Waals surface area contributed by atoms with Crippen molar-refractivity contribution in [3.8, 4) is 0 Å². The van der Waals surface area contributed by atoms with Crippen LogP contribution in [0.15, 0.2) is 54.6 Å². The third-order valence-electron chi connectivity index (χ3n) is 3.66. The molecule has 0 saturated heterocycles. The maximum Gasteiger partial charge on any atom is 0.0681 e. The van der Waals surface area contributed by atoms with Crippen LogP contribution < -0.4 is 5.32 Å². The smallest absolute Gasteiger partial charge is 0.0681 e. The highest BCUT2D eigenvalue weighted by molar-refractivity contribution is 5.22. The van der Waals surface area contributed by atoms with Gasteiger partial charge in [-0.25, -0.2) is 0 Å². The van der Waals surface area contributed by atoms with Crippen LogP contribution in [0.4, 0.5) is 0 Å². The molecule has 0 saturated carbocycles. The summed E-state index contributed by atoms with van der Waals surface area (Å²) in [4.78, 5) is 0. The fourth-order valence-electron chi connectivity index (χ4n) is 2.26. The molecule has 20 heavy (non-hydrogen) atoms. The Morgan fingerprint density at radius 1 is 0.950 bits per heavy atom. The SMILES string of the molecule is CC(CCNCc1ccc(CO)cc1)c1ccccc1. The Kier molecular flexibility index (Phi) is 5.78. The van der Waals surface area contributed by atoms with Crippen molar-refractivity contribution in [3.05, 3.63) is 71.3 Å². The lowest BCUT2D eigenvalue weighted by Gasteiger charge is -2.12. The summed E-state index contributed by atoms with van der Waals surface area (Å²) in [5, 5.41) is 12.5. The van der Waals surface area contributed by atoms with Crippen molar-refractivity contribution < 1.29 is 5.11 Å². The van der Waals surface area contributed by atoms with E-state index in [2.05, 4.69) is 54.7 Å². The van der Waals surface area contributed by atoms with Crippen LogP contribution in [0.25, 0.3) is 0 Å². The van der Waals surface area contributed by atoms with E-state index in [0.29, 0.717) is 5.92 Å². The van der Waals surface area contributed by atoms with E-state index in [4.69, 9.17) is 5.11 Å². The number of hydrogen-bond donors (Lipinski definition) is 2. The first-order valence-electron chi connectivity index (χ1n) is 7.24. The molecule has 1 unspecified atom stereocenters. The molecule has 0 aromatic heterocycles. The summed E-state index contributed by atoms with van der Waals surface area (Å²) < 4.78 is 0. The molecule has 2 heteroatoms. The number of benzene rings is 2. The summed E-state index contributed by atoms with van der Waals surface area (Å²) in [5.41, 5.74) is 3.63. The third-order valence-corrected chi connectivity index (χ3v) is 3.66. The minimum atomic E-state index is 0.113. The number of aliphatic hydroxyl groups is 1. The van der Waals surface area contributed by atoms with Gasteiger partial charge in [-0.15, -0.1) is 0 Å². The zero-order valence-corrected chi connectivity index (χ0v) is 12.0. The molecule has 2 rings (SSSR count).